The number of nitrogens with zero attached hydrogens (tertiary/aromatic N) is 2. The van der Waals surface area contributed by atoms with Crippen molar-refractivity contribution in [3.8, 4) is 0 Å². The largest absolute Gasteiger partial charge is 0.376 e. The van der Waals surface area contributed by atoms with Crippen molar-refractivity contribution in [3.63, 3.8) is 0 Å². The minimum absolute atomic E-state index is 0.0347. The average Bonchev–Trinajstić information content (AvgIpc) is 3.09. The Labute approximate surface area is 127 Å². The molecular weight excluding hydrogens is 292 g/mol. The lowest BCUT2D eigenvalue weighted by atomic mass is 10.2. The van der Waals surface area contributed by atoms with E-state index < -0.39 is 0 Å². The number of H-pyrrole nitrogens is 1. The molecule has 1 fully saturated rings. The smallest absolute Gasteiger partial charge is 0.344 e. The van der Waals surface area contributed by atoms with Crippen molar-refractivity contribution in [2.24, 2.45) is 0 Å². The van der Waals surface area contributed by atoms with Gasteiger partial charge in [0.1, 0.15) is 0 Å². The van der Waals surface area contributed by atoms with Gasteiger partial charge in [0, 0.05) is 13.2 Å². The molecule has 0 bridgehead atoms. The lowest BCUT2D eigenvalue weighted by Gasteiger charge is -2.10. The number of rotatable bonds is 8. The molecular formula is C13H22N4O3S. The van der Waals surface area contributed by atoms with Crippen molar-refractivity contribution in [1.29, 1.82) is 0 Å². The third-order valence-electron chi connectivity index (χ3n) is 3.32. The molecule has 1 amide bonds. The monoisotopic (exact) mass is 314 g/mol. The minimum Gasteiger partial charge on any atom is -0.376 e. The fourth-order valence-electron chi connectivity index (χ4n) is 2.15. The van der Waals surface area contributed by atoms with Crippen LogP contribution in [0, 0.1) is 0 Å². The molecule has 1 saturated heterocycles. The molecule has 1 aromatic heterocycles. The highest BCUT2D eigenvalue weighted by atomic mass is 32.2. The van der Waals surface area contributed by atoms with Gasteiger partial charge in [0.25, 0.3) is 0 Å². The van der Waals surface area contributed by atoms with Gasteiger partial charge in [0.15, 0.2) is 5.16 Å². The maximum Gasteiger partial charge on any atom is 0.344 e. The molecule has 1 atom stereocenters. The van der Waals surface area contributed by atoms with Gasteiger partial charge in [0.05, 0.1) is 18.4 Å². The minimum atomic E-state index is -0.251. The van der Waals surface area contributed by atoms with Crippen LogP contribution in [-0.2, 0) is 16.1 Å². The summed E-state index contributed by atoms with van der Waals surface area (Å²) in [6.45, 7) is 4.02. The van der Waals surface area contributed by atoms with Crippen molar-refractivity contribution in [2.75, 3.05) is 18.9 Å². The molecule has 0 aliphatic carbocycles. The van der Waals surface area contributed by atoms with Gasteiger partial charge in [-0.15, -0.1) is 5.10 Å². The number of hydrogen-bond donors (Lipinski definition) is 2. The summed E-state index contributed by atoms with van der Waals surface area (Å²) in [5, 5.41) is 9.80. The van der Waals surface area contributed by atoms with Crippen molar-refractivity contribution in [1.82, 2.24) is 20.1 Å². The zero-order valence-electron chi connectivity index (χ0n) is 12.3. The third kappa shape index (κ3) is 4.89. The van der Waals surface area contributed by atoms with E-state index in [0.29, 0.717) is 18.2 Å². The molecule has 0 aromatic carbocycles. The molecule has 0 radical (unpaired) electrons. The van der Waals surface area contributed by atoms with Gasteiger partial charge < -0.3 is 10.1 Å². The zero-order valence-corrected chi connectivity index (χ0v) is 13.1. The highest BCUT2D eigenvalue weighted by Gasteiger charge is 2.20. The second-order valence-corrected chi connectivity index (χ2v) is 5.99. The van der Waals surface area contributed by atoms with Crippen molar-refractivity contribution in [2.45, 2.75) is 50.4 Å². The quantitative estimate of drug-likeness (QED) is 0.546. The van der Waals surface area contributed by atoms with E-state index in [-0.39, 0.29) is 23.5 Å². The van der Waals surface area contributed by atoms with Crippen LogP contribution in [0.15, 0.2) is 9.95 Å². The lowest BCUT2D eigenvalue weighted by Crippen LogP contribution is -2.27. The van der Waals surface area contributed by atoms with Crippen molar-refractivity contribution in [3.05, 3.63) is 10.5 Å². The maximum absolute atomic E-state index is 11.8. The number of aromatic nitrogens is 3. The Morgan fingerprint density at radius 3 is 3.19 bits per heavy atom. The Hall–Kier alpha value is -1.28. The molecule has 1 unspecified atom stereocenters. The fourth-order valence-corrected chi connectivity index (χ4v) is 2.94. The van der Waals surface area contributed by atoms with Crippen molar-refractivity contribution < 1.29 is 9.53 Å². The molecule has 1 aliphatic rings. The van der Waals surface area contributed by atoms with Crippen LogP contribution >= 0.6 is 11.8 Å². The predicted molar refractivity (Wildman–Crippen MR) is 80.5 cm³/mol. The highest BCUT2D eigenvalue weighted by Crippen LogP contribution is 2.17. The van der Waals surface area contributed by atoms with Gasteiger partial charge in [-0.3, -0.25) is 9.36 Å². The Morgan fingerprint density at radius 1 is 1.62 bits per heavy atom. The number of ether oxygens (including phenoxy) is 1. The van der Waals surface area contributed by atoms with Crippen LogP contribution in [0.4, 0.5) is 0 Å². The number of hydrogen-bond acceptors (Lipinski definition) is 5. The number of aromatic amines is 1. The second kappa shape index (κ2) is 8.23. The molecule has 1 aliphatic heterocycles. The Balaban J connectivity index is 1.85. The van der Waals surface area contributed by atoms with Crippen LogP contribution < -0.4 is 11.0 Å². The molecule has 1 aromatic rings. The first-order chi connectivity index (χ1) is 10.2. The van der Waals surface area contributed by atoms with E-state index >= 15 is 0 Å². The molecule has 21 heavy (non-hydrogen) atoms. The van der Waals surface area contributed by atoms with Gasteiger partial charge in [-0.25, -0.2) is 9.89 Å². The number of carbonyl (C=O) groups is 1. The normalized spacial score (nSPS) is 18.0. The third-order valence-corrected chi connectivity index (χ3v) is 4.29. The molecule has 0 spiro atoms. The summed E-state index contributed by atoms with van der Waals surface area (Å²) in [5.74, 6) is 0.229. The van der Waals surface area contributed by atoms with Gasteiger partial charge in [-0.05, 0) is 19.3 Å². The molecule has 2 heterocycles. The SMILES string of the molecule is CCCCNC(=O)CSc1n[nH]c(=O)n1CC1CCCO1. The standard InChI is InChI=1S/C13H22N4O3S/c1-2-3-6-14-11(18)9-21-13-16-15-12(19)17(13)8-10-5-4-7-20-10/h10H,2-9H2,1H3,(H,14,18)(H,15,19). The second-order valence-electron chi connectivity index (χ2n) is 5.05. The lowest BCUT2D eigenvalue weighted by molar-refractivity contribution is -0.118. The number of nitrogens with one attached hydrogen (secondary N) is 2. The van der Waals surface area contributed by atoms with E-state index in [1.54, 1.807) is 4.57 Å². The van der Waals surface area contributed by atoms with Crippen LogP contribution in [0.25, 0.3) is 0 Å². The summed E-state index contributed by atoms with van der Waals surface area (Å²) in [6.07, 6.45) is 4.08. The molecule has 2 rings (SSSR count). The molecule has 0 saturated carbocycles. The molecule has 8 heteroatoms. The van der Waals surface area contributed by atoms with Crippen LogP contribution in [0.5, 0.6) is 0 Å². The first-order valence-electron chi connectivity index (χ1n) is 7.37. The number of thioether (sulfide) groups is 1. The Kier molecular flexibility index (Phi) is 6.31. The van der Waals surface area contributed by atoms with Crippen LogP contribution in [0.3, 0.4) is 0 Å². The summed E-state index contributed by atoms with van der Waals surface area (Å²) in [5.41, 5.74) is -0.251. The van der Waals surface area contributed by atoms with E-state index in [2.05, 4.69) is 22.4 Å². The summed E-state index contributed by atoms with van der Waals surface area (Å²) in [4.78, 5) is 23.4. The molecule has 2 N–H and O–H groups in total. The number of unbranched alkanes of at least 4 members (excludes halogenated alkanes) is 1. The van der Waals surface area contributed by atoms with Gasteiger partial charge >= 0.3 is 5.69 Å². The van der Waals surface area contributed by atoms with Crippen LogP contribution in [0.2, 0.25) is 0 Å². The van der Waals surface area contributed by atoms with E-state index in [1.807, 2.05) is 0 Å². The summed E-state index contributed by atoms with van der Waals surface area (Å²) in [6, 6.07) is 0. The highest BCUT2D eigenvalue weighted by molar-refractivity contribution is 7.99. The zero-order chi connectivity index (χ0) is 15.1. The Bertz CT molecular complexity index is 508. The molecule has 118 valence electrons. The number of carbonyl (C=O) groups excluding carboxylic acids is 1. The van der Waals surface area contributed by atoms with Crippen LogP contribution in [-0.4, -0.2) is 45.7 Å². The van der Waals surface area contributed by atoms with E-state index in [4.69, 9.17) is 4.74 Å². The van der Waals surface area contributed by atoms with Crippen molar-refractivity contribution >= 4 is 17.7 Å². The Morgan fingerprint density at radius 2 is 2.48 bits per heavy atom. The summed E-state index contributed by atoms with van der Waals surface area (Å²) >= 11 is 1.27. The first kappa shape index (κ1) is 16.1. The van der Waals surface area contributed by atoms with E-state index in [0.717, 1.165) is 32.3 Å². The van der Waals surface area contributed by atoms with E-state index in [1.165, 1.54) is 11.8 Å². The predicted octanol–water partition coefficient (Wildman–Crippen LogP) is 0.759. The fraction of sp³-hybridized carbons (Fsp3) is 0.769. The number of amides is 1. The topological polar surface area (TPSA) is 89.0 Å². The van der Waals surface area contributed by atoms with Gasteiger partial charge in [0.2, 0.25) is 5.91 Å². The van der Waals surface area contributed by atoms with Gasteiger partial charge in [-0.1, -0.05) is 25.1 Å². The first-order valence-corrected chi connectivity index (χ1v) is 8.35. The van der Waals surface area contributed by atoms with E-state index in [9.17, 15) is 9.59 Å². The average molecular weight is 314 g/mol. The van der Waals surface area contributed by atoms with Crippen LogP contribution in [0.1, 0.15) is 32.6 Å². The summed E-state index contributed by atoms with van der Waals surface area (Å²) in [7, 11) is 0. The molecule has 7 nitrogen and oxygen atoms in total. The maximum atomic E-state index is 11.8. The summed E-state index contributed by atoms with van der Waals surface area (Å²) < 4.78 is 7.09. The van der Waals surface area contributed by atoms with Gasteiger partial charge in [-0.2, -0.15) is 0 Å².